The van der Waals surface area contributed by atoms with Gasteiger partial charge in [-0.15, -0.1) is 0 Å². The number of aromatic nitrogens is 2. The first kappa shape index (κ1) is 15.7. The molecule has 126 valence electrons. The van der Waals surface area contributed by atoms with E-state index in [4.69, 9.17) is 21.1 Å². The lowest BCUT2D eigenvalue weighted by atomic mass is 10.1. The van der Waals surface area contributed by atoms with Crippen LogP contribution >= 0.6 is 23.4 Å². The van der Waals surface area contributed by atoms with Gasteiger partial charge >= 0.3 is 0 Å². The van der Waals surface area contributed by atoms with Crippen molar-refractivity contribution in [3.8, 4) is 11.5 Å². The number of rotatable bonds is 3. The van der Waals surface area contributed by atoms with E-state index in [9.17, 15) is 4.79 Å². The van der Waals surface area contributed by atoms with Crippen LogP contribution in [0.4, 0.5) is 5.82 Å². The number of anilines is 1. The molecule has 2 aliphatic rings. The summed E-state index contributed by atoms with van der Waals surface area (Å²) in [5.74, 6) is 3.67. The lowest BCUT2D eigenvalue weighted by Gasteiger charge is -2.19. The molecule has 0 saturated heterocycles. The summed E-state index contributed by atoms with van der Waals surface area (Å²) >= 11 is 8.08. The van der Waals surface area contributed by atoms with Crippen LogP contribution in [0.3, 0.4) is 0 Å². The Morgan fingerprint density at radius 1 is 1.33 bits per heavy atom. The van der Waals surface area contributed by atoms with Gasteiger partial charge in [0.05, 0.1) is 12.1 Å². The number of hydrogen-bond acceptors (Lipinski definition) is 5. The van der Waals surface area contributed by atoms with Crippen LogP contribution in [0.1, 0.15) is 16.8 Å². The summed E-state index contributed by atoms with van der Waals surface area (Å²) in [5, 5.41) is 7.91. The van der Waals surface area contributed by atoms with Crippen LogP contribution in [-0.2, 0) is 29.8 Å². The van der Waals surface area contributed by atoms with E-state index < -0.39 is 0 Å². The van der Waals surface area contributed by atoms with Crippen LogP contribution in [0.2, 0.25) is 5.02 Å². The van der Waals surface area contributed by atoms with Gasteiger partial charge in [-0.3, -0.25) is 9.48 Å². The molecule has 4 rings (SSSR count). The number of ether oxygens (including phenoxy) is 2. The monoisotopic (exact) mass is 365 g/mol. The SMILES string of the molecule is Cn1nc2c(c1NC(=O)Cc1cc3c(cc1Cl)OCCO3)CSC2. The van der Waals surface area contributed by atoms with Gasteiger partial charge in [0.2, 0.25) is 5.91 Å². The molecule has 1 N–H and O–H groups in total. The molecule has 6 nitrogen and oxygen atoms in total. The predicted octanol–water partition coefficient (Wildman–Crippen LogP) is 2.77. The first-order chi connectivity index (χ1) is 11.6. The maximum atomic E-state index is 12.5. The Kier molecular flexibility index (Phi) is 4.05. The highest BCUT2D eigenvalue weighted by molar-refractivity contribution is 7.98. The van der Waals surface area contributed by atoms with Gasteiger partial charge in [-0.2, -0.15) is 16.9 Å². The molecule has 0 saturated carbocycles. The zero-order valence-electron chi connectivity index (χ0n) is 13.1. The summed E-state index contributed by atoms with van der Waals surface area (Å²) in [6.45, 7) is 1.01. The first-order valence-electron chi connectivity index (χ1n) is 7.62. The van der Waals surface area contributed by atoms with E-state index >= 15 is 0 Å². The number of nitrogens with zero attached hydrogens (tertiary/aromatic N) is 2. The van der Waals surface area contributed by atoms with Crippen molar-refractivity contribution in [2.75, 3.05) is 18.5 Å². The minimum absolute atomic E-state index is 0.128. The number of carbonyl (C=O) groups excluding carboxylic acids is 1. The van der Waals surface area contributed by atoms with Gasteiger partial charge in [-0.25, -0.2) is 0 Å². The highest BCUT2D eigenvalue weighted by Crippen LogP contribution is 2.36. The molecule has 2 aliphatic heterocycles. The van der Waals surface area contributed by atoms with E-state index in [2.05, 4.69) is 10.4 Å². The zero-order valence-corrected chi connectivity index (χ0v) is 14.7. The lowest BCUT2D eigenvalue weighted by molar-refractivity contribution is -0.115. The standard InChI is InChI=1S/C16H16ClN3O3S/c1-20-16(10-7-24-8-12(10)19-20)18-15(21)5-9-4-13-14(6-11(9)17)23-3-2-22-13/h4,6H,2-3,5,7-8H2,1H3,(H,18,21). The predicted molar refractivity (Wildman–Crippen MR) is 93.0 cm³/mol. The minimum Gasteiger partial charge on any atom is -0.486 e. The number of amides is 1. The molecule has 0 unspecified atom stereocenters. The number of hydrogen-bond donors (Lipinski definition) is 1. The van der Waals surface area contributed by atoms with Crippen molar-refractivity contribution >= 4 is 35.1 Å². The van der Waals surface area contributed by atoms with Crippen molar-refractivity contribution in [3.63, 3.8) is 0 Å². The average molecular weight is 366 g/mol. The Bertz CT molecular complexity index is 821. The van der Waals surface area contributed by atoms with Gasteiger partial charge < -0.3 is 14.8 Å². The fourth-order valence-electron chi connectivity index (χ4n) is 2.89. The smallest absolute Gasteiger partial charge is 0.230 e. The Balaban J connectivity index is 1.53. The molecule has 1 aromatic heterocycles. The second-order valence-corrected chi connectivity index (χ2v) is 7.10. The summed E-state index contributed by atoms with van der Waals surface area (Å²) in [6.07, 6.45) is 0.169. The van der Waals surface area contributed by atoms with Crippen LogP contribution in [0.25, 0.3) is 0 Å². The van der Waals surface area contributed by atoms with Crippen LogP contribution in [0, 0.1) is 0 Å². The molecule has 0 spiro atoms. The molecule has 24 heavy (non-hydrogen) atoms. The van der Waals surface area contributed by atoms with Crippen LogP contribution in [-0.4, -0.2) is 28.9 Å². The number of halogens is 1. The summed E-state index contributed by atoms with van der Waals surface area (Å²) < 4.78 is 12.8. The second-order valence-electron chi connectivity index (χ2n) is 5.70. The van der Waals surface area contributed by atoms with Gasteiger partial charge in [0, 0.05) is 35.2 Å². The molecule has 0 atom stereocenters. The third kappa shape index (κ3) is 2.82. The quantitative estimate of drug-likeness (QED) is 0.906. The number of benzene rings is 1. The van der Waals surface area contributed by atoms with Gasteiger partial charge in [0.15, 0.2) is 11.5 Å². The fourth-order valence-corrected chi connectivity index (χ4v) is 4.14. The van der Waals surface area contributed by atoms with Gasteiger partial charge in [-0.05, 0) is 11.6 Å². The summed E-state index contributed by atoms with van der Waals surface area (Å²) in [5.41, 5.74) is 2.88. The molecule has 0 bridgehead atoms. The zero-order chi connectivity index (χ0) is 16.7. The maximum absolute atomic E-state index is 12.5. The summed E-state index contributed by atoms with van der Waals surface area (Å²) in [6, 6.07) is 3.48. The highest BCUT2D eigenvalue weighted by Gasteiger charge is 2.23. The molecule has 3 heterocycles. The number of carbonyl (C=O) groups is 1. The Hall–Kier alpha value is -1.86. The second kappa shape index (κ2) is 6.22. The van der Waals surface area contributed by atoms with Crippen LogP contribution in [0.15, 0.2) is 12.1 Å². The Morgan fingerprint density at radius 3 is 2.88 bits per heavy atom. The van der Waals surface area contributed by atoms with E-state index in [-0.39, 0.29) is 12.3 Å². The van der Waals surface area contributed by atoms with Crippen LogP contribution < -0.4 is 14.8 Å². The molecule has 2 aromatic rings. The number of aryl methyl sites for hydroxylation is 1. The van der Waals surface area contributed by atoms with E-state index in [0.29, 0.717) is 35.3 Å². The van der Waals surface area contributed by atoms with Gasteiger partial charge in [0.25, 0.3) is 0 Å². The summed E-state index contributed by atoms with van der Waals surface area (Å²) in [4.78, 5) is 12.5. The third-order valence-electron chi connectivity index (χ3n) is 4.03. The summed E-state index contributed by atoms with van der Waals surface area (Å²) in [7, 11) is 1.84. The first-order valence-corrected chi connectivity index (χ1v) is 9.15. The van der Waals surface area contributed by atoms with E-state index in [1.54, 1.807) is 28.6 Å². The number of fused-ring (bicyclic) bond motifs is 2. The van der Waals surface area contributed by atoms with Gasteiger partial charge in [0.1, 0.15) is 19.0 Å². The molecule has 1 amide bonds. The van der Waals surface area contributed by atoms with Crippen molar-refractivity contribution in [3.05, 3.63) is 34.0 Å². The molecule has 8 heteroatoms. The molecular weight excluding hydrogens is 350 g/mol. The average Bonchev–Trinajstić information content (AvgIpc) is 3.11. The fraction of sp³-hybridized carbons (Fsp3) is 0.375. The molecule has 1 aromatic carbocycles. The van der Waals surface area contributed by atoms with Crippen molar-refractivity contribution in [2.24, 2.45) is 7.05 Å². The lowest BCUT2D eigenvalue weighted by Crippen LogP contribution is -2.19. The van der Waals surface area contributed by atoms with Crippen LogP contribution in [0.5, 0.6) is 11.5 Å². The van der Waals surface area contributed by atoms with Crippen molar-refractivity contribution in [2.45, 2.75) is 17.9 Å². The topological polar surface area (TPSA) is 65.4 Å². The molecule has 0 aliphatic carbocycles. The number of nitrogens with one attached hydrogen (secondary N) is 1. The highest BCUT2D eigenvalue weighted by atomic mass is 35.5. The maximum Gasteiger partial charge on any atom is 0.230 e. The van der Waals surface area contributed by atoms with E-state index in [1.165, 1.54) is 0 Å². The largest absolute Gasteiger partial charge is 0.486 e. The molecule has 0 radical (unpaired) electrons. The number of thioether (sulfide) groups is 1. The van der Waals surface area contributed by atoms with E-state index in [1.807, 2.05) is 7.05 Å². The Labute approximate surface area is 148 Å². The minimum atomic E-state index is -0.128. The normalized spacial score (nSPS) is 15.2. The third-order valence-corrected chi connectivity index (χ3v) is 5.36. The van der Waals surface area contributed by atoms with Crippen molar-refractivity contribution in [1.29, 1.82) is 0 Å². The molecular formula is C16H16ClN3O3S. The molecule has 0 fully saturated rings. The van der Waals surface area contributed by atoms with Gasteiger partial charge in [-0.1, -0.05) is 11.6 Å². The van der Waals surface area contributed by atoms with Crippen molar-refractivity contribution < 1.29 is 14.3 Å². The van der Waals surface area contributed by atoms with Crippen molar-refractivity contribution in [1.82, 2.24) is 9.78 Å². The Morgan fingerprint density at radius 2 is 2.08 bits per heavy atom. The van der Waals surface area contributed by atoms with E-state index in [0.717, 1.165) is 28.6 Å².